The molecule has 2 rings (SSSR count). The average molecular weight is 279 g/mol. The van der Waals surface area contributed by atoms with Crippen LogP contribution in [-0.4, -0.2) is 31.0 Å². The lowest BCUT2D eigenvalue weighted by Crippen LogP contribution is -2.19. The number of nitrogens with one attached hydrogen (secondary N) is 2. The minimum atomic E-state index is -0.130. The van der Waals surface area contributed by atoms with Crippen LogP contribution >= 0.6 is 0 Å². The molecule has 1 amide bonds. The first kappa shape index (κ1) is 18.6. The molecule has 1 unspecified atom stereocenters. The van der Waals surface area contributed by atoms with Crippen LogP contribution in [0.15, 0.2) is 18.3 Å². The first-order chi connectivity index (χ1) is 9.79. The normalized spacial score (nSPS) is 16.4. The number of carbonyl (C=O) groups excluding carboxylic acids is 1. The molecule has 4 nitrogen and oxygen atoms in total. The molecule has 1 saturated heterocycles. The van der Waals surface area contributed by atoms with Crippen molar-refractivity contribution in [3.05, 3.63) is 29.6 Å². The van der Waals surface area contributed by atoms with E-state index in [-0.39, 0.29) is 5.91 Å². The van der Waals surface area contributed by atoms with Gasteiger partial charge in [-0.1, -0.05) is 33.8 Å². The van der Waals surface area contributed by atoms with Crippen molar-refractivity contribution in [3.63, 3.8) is 0 Å². The van der Waals surface area contributed by atoms with Crippen LogP contribution in [0.1, 0.15) is 50.2 Å². The molecule has 4 heteroatoms. The van der Waals surface area contributed by atoms with Gasteiger partial charge in [-0.2, -0.15) is 0 Å². The van der Waals surface area contributed by atoms with Crippen LogP contribution in [0.4, 0.5) is 0 Å². The summed E-state index contributed by atoms with van der Waals surface area (Å²) < 4.78 is 0. The molecule has 1 fully saturated rings. The molecule has 1 aliphatic rings. The topological polar surface area (TPSA) is 54.0 Å². The molecule has 2 N–H and O–H groups in total. The first-order valence-corrected chi connectivity index (χ1v) is 7.67. The third kappa shape index (κ3) is 6.15. The Morgan fingerprint density at radius 1 is 1.35 bits per heavy atom. The molecule has 0 aromatic carbocycles. The number of aromatic nitrogens is 1. The van der Waals surface area contributed by atoms with Crippen molar-refractivity contribution in [3.8, 4) is 0 Å². The Kier molecular flexibility index (Phi) is 10.6. The largest absolute Gasteiger partial charge is 0.354 e. The third-order valence-electron chi connectivity index (χ3n) is 2.97. The zero-order valence-electron chi connectivity index (χ0n) is 13.5. The van der Waals surface area contributed by atoms with Crippen LogP contribution in [0, 0.1) is 5.92 Å². The van der Waals surface area contributed by atoms with E-state index in [1.165, 1.54) is 12.0 Å². The van der Waals surface area contributed by atoms with E-state index in [9.17, 15) is 4.79 Å². The van der Waals surface area contributed by atoms with Gasteiger partial charge in [-0.3, -0.25) is 9.78 Å². The van der Waals surface area contributed by atoms with E-state index in [0.717, 1.165) is 19.5 Å². The number of amides is 1. The monoisotopic (exact) mass is 279 g/mol. The quantitative estimate of drug-likeness (QED) is 0.894. The van der Waals surface area contributed by atoms with Crippen LogP contribution in [0.3, 0.4) is 0 Å². The lowest BCUT2D eigenvalue weighted by molar-refractivity contribution is 0.0958. The summed E-state index contributed by atoms with van der Waals surface area (Å²) in [7, 11) is 1.61. The van der Waals surface area contributed by atoms with Crippen molar-refractivity contribution < 1.29 is 4.79 Å². The third-order valence-corrected chi connectivity index (χ3v) is 2.97. The summed E-state index contributed by atoms with van der Waals surface area (Å²) in [5.74, 6) is 0.585. The van der Waals surface area contributed by atoms with Crippen molar-refractivity contribution in [2.45, 2.75) is 40.5 Å². The lowest BCUT2D eigenvalue weighted by Gasteiger charge is -2.07. The average Bonchev–Trinajstić information content (AvgIpc) is 3.04. The molecule has 0 radical (unpaired) electrons. The van der Waals surface area contributed by atoms with E-state index in [4.69, 9.17) is 0 Å². The molecule has 2 heterocycles. The Hall–Kier alpha value is -1.42. The van der Waals surface area contributed by atoms with Gasteiger partial charge in [0.2, 0.25) is 0 Å². The van der Waals surface area contributed by atoms with Crippen LogP contribution in [0.5, 0.6) is 0 Å². The number of pyridine rings is 1. The summed E-state index contributed by atoms with van der Waals surface area (Å²) in [6.07, 6.45) is 4.09. The Morgan fingerprint density at radius 2 is 2.05 bits per heavy atom. The van der Waals surface area contributed by atoms with Crippen LogP contribution in [0.25, 0.3) is 0 Å². The molecule has 0 bridgehead atoms. The fraction of sp³-hybridized carbons (Fsp3) is 0.625. The fourth-order valence-corrected chi connectivity index (χ4v) is 2.03. The van der Waals surface area contributed by atoms with Crippen LogP contribution in [-0.2, 0) is 6.42 Å². The zero-order valence-corrected chi connectivity index (χ0v) is 13.5. The second-order valence-corrected chi connectivity index (χ2v) is 4.19. The van der Waals surface area contributed by atoms with Crippen molar-refractivity contribution >= 4 is 5.91 Å². The smallest absolute Gasteiger partial charge is 0.269 e. The van der Waals surface area contributed by atoms with E-state index >= 15 is 0 Å². The zero-order chi connectivity index (χ0) is 15.4. The Bertz CT molecular complexity index is 356. The Morgan fingerprint density at radius 3 is 2.50 bits per heavy atom. The van der Waals surface area contributed by atoms with E-state index in [0.29, 0.717) is 11.6 Å². The molecular formula is C16H29N3O. The highest BCUT2D eigenvalue weighted by Gasteiger charge is 2.15. The number of carbonyl (C=O) groups is 1. The molecule has 1 aromatic rings. The highest BCUT2D eigenvalue weighted by Crippen LogP contribution is 2.14. The maximum Gasteiger partial charge on any atom is 0.269 e. The first-order valence-electron chi connectivity index (χ1n) is 7.67. The maximum absolute atomic E-state index is 11.3. The van der Waals surface area contributed by atoms with Crippen molar-refractivity contribution in [2.75, 3.05) is 20.1 Å². The molecule has 0 spiro atoms. The molecule has 0 aliphatic carbocycles. The molecule has 1 aromatic heterocycles. The summed E-state index contributed by atoms with van der Waals surface area (Å²) >= 11 is 0. The van der Waals surface area contributed by atoms with Crippen molar-refractivity contribution in [1.29, 1.82) is 0 Å². The highest BCUT2D eigenvalue weighted by atomic mass is 16.1. The van der Waals surface area contributed by atoms with Gasteiger partial charge in [0.05, 0.1) is 0 Å². The van der Waals surface area contributed by atoms with Gasteiger partial charge in [0.15, 0.2) is 0 Å². The van der Waals surface area contributed by atoms with Crippen molar-refractivity contribution in [2.24, 2.45) is 5.92 Å². The SMILES string of the molecule is CC.CC.CNC(=O)c1ccc(CC2CCNC2)cn1. The summed E-state index contributed by atoms with van der Waals surface area (Å²) in [6.45, 7) is 10.2. The number of rotatable bonds is 3. The van der Waals surface area contributed by atoms with Gasteiger partial charge in [-0.15, -0.1) is 0 Å². The van der Waals surface area contributed by atoms with Gasteiger partial charge in [-0.25, -0.2) is 0 Å². The van der Waals surface area contributed by atoms with Gasteiger partial charge in [-0.05, 0) is 43.5 Å². The second-order valence-electron chi connectivity index (χ2n) is 4.19. The second kappa shape index (κ2) is 11.4. The molecule has 0 saturated carbocycles. The standard InChI is InChI=1S/C12H17N3O.2C2H6/c1-13-12(16)11-3-2-9(8-15-11)6-10-4-5-14-7-10;2*1-2/h2-3,8,10,14H,4-7H2,1H3,(H,13,16);2*1-2H3. The van der Waals surface area contributed by atoms with Gasteiger partial charge in [0, 0.05) is 13.2 Å². The molecule has 1 atom stereocenters. The van der Waals surface area contributed by atoms with Crippen LogP contribution in [0.2, 0.25) is 0 Å². The van der Waals surface area contributed by atoms with E-state index < -0.39 is 0 Å². The van der Waals surface area contributed by atoms with E-state index in [2.05, 4.69) is 15.6 Å². The van der Waals surface area contributed by atoms with E-state index in [1.54, 1.807) is 13.1 Å². The number of hydrogen-bond donors (Lipinski definition) is 2. The van der Waals surface area contributed by atoms with Crippen molar-refractivity contribution in [1.82, 2.24) is 15.6 Å². The minimum Gasteiger partial charge on any atom is -0.354 e. The predicted molar refractivity (Wildman–Crippen MR) is 85.0 cm³/mol. The highest BCUT2D eigenvalue weighted by molar-refractivity contribution is 5.91. The summed E-state index contributed by atoms with van der Waals surface area (Å²) in [4.78, 5) is 15.4. The molecule has 20 heavy (non-hydrogen) atoms. The lowest BCUT2D eigenvalue weighted by atomic mass is 10.00. The molecular weight excluding hydrogens is 250 g/mol. The number of hydrogen-bond acceptors (Lipinski definition) is 3. The number of nitrogens with zero attached hydrogens (tertiary/aromatic N) is 1. The van der Waals surface area contributed by atoms with Gasteiger partial charge >= 0.3 is 0 Å². The van der Waals surface area contributed by atoms with Gasteiger partial charge in [0.1, 0.15) is 5.69 Å². The predicted octanol–water partition coefficient (Wildman–Crippen LogP) is 2.65. The van der Waals surface area contributed by atoms with Crippen LogP contribution < -0.4 is 10.6 Å². The summed E-state index contributed by atoms with van der Waals surface area (Å²) in [5.41, 5.74) is 1.69. The van der Waals surface area contributed by atoms with Gasteiger partial charge in [0.25, 0.3) is 5.91 Å². The maximum atomic E-state index is 11.3. The van der Waals surface area contributed by atoms with E-state index in [1.807, 2.05) is 40.0 Å². The molecule has 114 valence electrons. The Balaban J connectivity index is 0.000000829. The Labute approximate surface area is 123 Å². The fourth-order valence-electron chi connectivity index (χ4n) is 2.03. The summed E-state index contributed by atoms with van der Waals surface area (Å²) in [5, 5.41) is 5.91. The minimum absolute atomic E-state index is 0.130. The molecule has 1 aliphatic heterocycles. The van der Waals surface area contributed by atoms with Gasteiger partial charge < -0.3 is 10.6 Å². The summed E-state index contributed by atoms with van der Waals surface area (Å²) in [6, 6.07) is 3.78.